The smallest absolute Gasteiger partial charge is 0.262 e. The molecule has 0 bridgehead atoms. The van der Waals surface area contributed by atoms with Crippen LogP contribution in [0.15, 0.2) is 47.4 Å². The molecule has 0 aromatic heterocycles. The number of thioether (sulfide) groups is 1. The van der Waals surface area contributed by atoms with E-state index in [1.54, 1.807) is 17.8 Å². The van der Waals surface area contributed by atoms with Gasteiger partial charge in [-0.2, -0.15) is 0 Å². The van der Waals surface area contributed by atoms with Crippen molar-refractivity contribution in [1.82, 2.24) is 4.90 Å². The number of carbonyl (C=O) groups is 1. The third kappa shape index (κ3) is 5.91. The Balaban J connectivity index is 1.66. The first-order chi connectivity index (χ1) is 17.0. The number of ether oxygens (including phenoxy) is 2. The maximum atomic E-state index is 13.7. The van der Waals surface area contributed by atoms with Gasteiger partial charge in [-0.3, -0.25) is 4.79 Å². The molecule has 1 saturated heterocycles. The lowest BCUT2D eigenvalue weighted by Gasteiger charge is -2.39. The molecule has 2 aliphatic rings. The lowest BCUT2D eigenvalue weighted by molar-refractivity contribution is -0.129. The van der Waals surface area contributed by atoms with Gasteiger partial charge in [0.1, 0.15) is 6.61 Å². The van der Waals surface area contributed by atoms with E-state index in [4.69, 9.17) is 27.5 Å². The van der Waals surface area contributed by atoms with Gasteiger partial charge in [0.05, 0.1) is 16.5 Å². The standard InChI is InChI=1S/C28H31ClN2O3S/c1-4-15-34-26-22(29)16-20(17-24(26)33-5-2)18-25-27(32)31(23-14-10-9-11-19(23)3)28(35-25)30-21-12-7-6-8-13-21/h1,6-8,12-13,16-19,23,28,30H,5,9-11,14-15H2,2-3H3/b25-18-/t19-,23-,28?/m1/s1. The van der Waals surface area contributed by atoms with Gasteiger partial charge in [0.15, 0.2) is 17.0 Å². The highest BCUT2D eigenvalue weighted by Crippen LogP contribution is 2.43. The number of nitrogens with zero attached hydrogens (tertiary/aromatic N) is 1. The van der Waals surface area contributed by atoms with E-state index in [9.17, 15) is 4.79 Å². The molecule has 0 radical (unpaired) electrons. The summed E-state index contributed by atoms with van der Waals surface area (Å²) in [6.45, 7) is 4.69. The van der Waals surface area contributed by atoms with Gasteiger partial charge in [-0.15, -0.1) is 6.42 Å². The number of hydrogen-bond donors (Lipinski definition) is 1. The lowest BCUT2D eigenvalue weighted by atomic mass is 9.85. The largest absolute Gasteiger partial charge is 0.490 e. The first-order valence-electron chi connectivity index (χ1n) is 12.1. The fraction of sp³-hybridized carbons (Fsp3) is 0.393. The van der Waals surface area contributed by atoms with Gasteiger partial charge >= 0.3 is 0 Å². The van der Waals surface area contributed by atoms with Crippen molar-refractivity contribution in [1.29, 1.82) is 0 Å². The maximum absolute atomic E-state index is 13.7. The quantitative estimate of drug-likeness (QED) is 0.318. The van der Waals surface area contributed by atoms with Gasteiger partial charge in [0.2, 0.25) is 0 Å². The average Bonchev–Trinajstić information content (AvgIpc) is 3.14. The van der Waals surface area contributed by atoms with E-state index in [0.717, 1.165) is 30.5 Å². The average molecular weight is 511 g/mol. The topological polar surface area (TPSA) is 50.8 Å². The van der Waals surface area contributed by atoms with Crippen LogP contribution in [-0.4, -0.2) is 35.6 Å². The summed E-state index contributed by atoms with van der Waals surface area (Å²) in [7, 11) is 0. The van der Waals surface area contributed by atoms with Crippen LogP contribution in [-0.2, 0) is 4.79 Å². The van der Waals surface area contributed by atoms with Crippen molar-refractivity contribution >= 4 is 41.0 Å². The van der Waals surface area contributed by atoms with Crippen LogP contribution < -0.4 is 14.8 Å². The van der Waals surface area contributed by atoms with Gasteiger partial charge in [-0.25, -0.2) is 0 Å². The molecule has 2 aromatic carbocycles. The van der Waals surface area contributed by atoms with Gasteiger partial charge in [-0.1, -0.05) is 67.2 Å². The van der Waals surface area contributed by atoms with E-state index in [-0.39, 0.29) is 24.1 Å². The molecule has 7 heteroatoms. The molecule has 35 heavy (non-hydrogen) atoms. The van der Waals surface area contributed by atoms with Crippen LogP contribution in [0.2, 0.25) is 5.02 Å². The monoisotopic (exact) mass is 510 g/mol. The van der Waals surface area contributed by atoms with E-state index in [1.165, 1.54) is 6.42 Å². The molecular formula is C28H31ClN2O3S. The number of benzene rings is 2. The summed E-state index contributed by atoms with van der Waals surface area (Å²) >= 11 is 8.06. The molecule has 184 valence electrons. The minimum Gasteiger partial charge on any atom is -0.490 e. The number of terminal acetylenes is 1. The predicted molar refractivity (Wildman–Crippen MR) is 145 cm³/mol. The van der Waals surface area contributed by atoms with Gasteiger partial charge in [0.25, 0.3) is 5.91 Å². The highest BCUT2D eigenvalue weighted by molar-refractivity contribution is 8.05. The van der Waals surface area contributed by atoms with Crippen LogP contribution in [0.5, 0.6) is 11.5 Å². The van der Waals surface area contributed by atoms with Crippen LogP contribution in [0, 0.1) is 18.3 Å². The van der Waals surface area contributed by atoms with Crippen LogP contribution in [0.1, 0.15) is 45.1 Å². The van der Waals surface area contributed by atoms with Crippen molar-refractivity contribution in [2.75, 3.05) is 18.5 Å². The molecule has 1 N–H and O–H groups in total. The number of hydrogen-bond acceptors (Lipinski definition) is 5. The fourth-order valence-corrected chi connectivity index (χ4v) is 6.19. The van der Waals surface area contributed by atoms with Crippen molar-refractivity contribution in [3.05, 3.63) is 58.0 Å². The molecule has 1 aliphatic heterocycles. The molecule has 0 spiro atoms. The Bertz CT molecular complexity index is 1120. The SMILES string of the molecule is C#CCOc1c(Cl)cc(/C=C2\SC(Nc3ccccc3)N([C@@H]3CCCC[C@H]3C)C2=O)cc1OCC. The molecule has 1 aliphatic carbocycles. The Morgan fingerprint density at radius 3 is 2.71 bits per heavy atom. The molecule has 4 rings (SSSR count). The summed E-state index contributed by atoms with van der Waals surface area (Å²) in [6.07, 6.45) is 11.8. The van der Waals surface area contributed by atoms with Crippen LogP contribution in [0.25, 0.3) is 6.08 Å². The molecule has 1 unspecified atom stereocenters. The van der Waals surface area contributed by atoms with E-state index in [1.807, 2.05) is 54.3 Å². The van der Waals surface area contributed by atoms with Crippen molar-refractivity contribution in [3.63, 3.8) is 0 Å². The summed E-state index contributed by atoms with van der Waals surface area (Å²) in [4.78, 5) is 16.5. The van der Waals surface area contributed by atoms with Crippen LogP contribution >= 0.6 is 23.4 Å². The Kier molecular flexibility index (Phi) is 8.54. The third-order valence-electron chi connectivity index (χ3n) is 6.35. The van der Waals surface area contributed by atoms with Crippen molar-refractivity contribution in [2.45, 2.75) is 51.1 Å². The molecule has 2 aromatic rings. The molecule has 1 amide bonds. The van der Waals surface area contributed by atoms with E-state index in [0.29, 0.717) is 34.0 Å². The zero-order chi connectivity index (χ0) is 24.8. The number of anilines is 1. The zero-order valence-corrected chi connectivity index (χ0v) is 21.7. The number of para-hydroxylation sites is 1. The number of rotatable bonds is 8. The molecule has 3 atom stereocenters. The number of nitrogens with one attached hydrogen (secondary N) is 1. The molecule has 2 fully saturated rings. The summed E-state index contributed by atoms with van der Waals surface area (Å²) in [5, 5.41) is 3.96. The normalized spacial score (nSPS) is 23.3. The fourth-order valence-electron chi connectivity index (χ4n) is 4.71. The van der Waals surface area contributed by atoms with Crippen molar-refractivity contribution < 1.29 is 14.3 Å². The summed E-state index contributed by atoms with van der Waals surface area (Å²) < 4.78 is 11.4. The molecule has 1 saturated carbocycles. The Morgan fingerprint density at radius 2 is 2.00 bits per heavy atom. The van der Waals surface area contributed by atoms with Gasteiger partial charge in [-0.05, 0) is 61.6 Å². The summed E-state index contributed by atoms with van der Waals surface area (Å²) in [6, 6.07) is 13.9. The number of carbonyl (C=O) groups excluding carboxylic acids is 1. The summed E-state index contributed by atoms with van der Waals surface area (Å²) in [5.41, 5.74) is 1.59. The second kappa shape index (κ2) is 11.8. The molecule has 5 nitrogen and oxygen atoms in total. The predicted octanol–water partition coefficient (Wildman–Crippen LogP) is 6.64. The first kappa shape index (κ1) is 25.3. The number of amides is 1. The van der Waals surface area contributed by atoms with Crippen LogP contribution in [0.4, 0.5) is 5.69 Å². The Hall–Kier alpha value is -2.75. The second-order valence-electron chi connectivity index (χ2n) is 8.79. The van der Waals surface area contributed by atoms with E-state index in [2.05, 4.69) is 18.2 Å². The Morgan fingerprint density at radius 1 is 1.23 bits per heavy atom. The summed E-state index contributed by atoms with van der Waals surface area (Å²) in [5.74, 6) is 3.88. The third-order valence-corrected chi connectivity index (χ3v) is 7.75. The van der Waals surface area contributed by atoms with Crippen molar-refractivity contribution in [3.8, 4) is 23.8 Å². The van der Waals surface area contributed by atoms with Crippen LogP contribution in [0.3, 0.4) is 0 Å². The maximum Gasteiger partial charge on any atom is 0.262 e. The molecule has 1 heterocycles. The van der Waals surface area contributed by atoms with Crippen molar-refractivity contribution in [2.24, 2.45) is 5.92 Å². The highest BCUT2D eigenvalue weighted by Gasteiger charge is 2.42. The van der Waals surface area contributed by atoms with Gasteiger partial charge in [0, 0.05) is 11.7 Å². The molecular weight excluding hydrogens is 480 g/mol. The Labute approximate surface area is 217 Å². The zero-order valence-electron chi connectivity index (χ0n) is 20.1. The lowest BCUT2D eigenvalue weighted by Crippen LogP contribution is -2.48. The minimum atomic E-state index is -0.179. The van der Waals surface area contributed by atoms with Gasteiger partial charge < -0.3 is 19.7 Å². The minimum absolute atomic E-state index is 0.0453. The highest BCUT2D eigenvalue weighted by atomic mass is 35.5. The number of halogens is 1. The van der Waals surface area contributed by atoms with E-state index < -0.39 is 0 Å². The first-order valence-corrected chi connectivity index (χ1v) is 13.3. The van der Waals surface area contributed by atoms with E-state index >= 15 is 0 Å². The second-order valence-corrected chi connectivity index (χ2v) is 10.3.